The highest BCUT2D eigenvalue weighted by Gasteiger charge is 2.29. The first-order valence-electron chi connectivity index (χ1n) is 17.5. The fourth-order valence-corrected chi connectivity index (χ4v) is 6.96. The van der Waals surface area contributed by atoms with E-state index in [2.05, 4.69) is 91.5 Å². The summed E-state index contributed by atoms with van der Waals surface area (Å²) in [6.45, 7) is 16.3. The van der Waals surface area contributed by atoms with E-state index in [1.807, 2.05) is 29.1 Å². The van der Waals surface area contributed by atoms with Gasteiger partial charge in [-0.05, 0) is 80.5 Å². The van der Waals surface area contributed by atoms with E-state index in [-0.39, 0.29) is 22.0 Å². The zero-order chi connectivity index (χ0) is 37.2. The maximum atomic E-state index is 14.0. The summed E-state index contributed by atoms with van der Waals surface area (Å²) in [4.78, 5) is 7.02. The third-order valence-corrected chi connectivity index (χ3v) is 9.82. The number of fused-ring (bicyclic) bond motifs is 1. The molecular formula is C40H45Cl2FN8O. The van der Waals surface area contributed by atoms with Gasteiger partial charge in [-0.1, -0.05) is 73.5 Å². The molecule has 0 bridgehead atoms. The normalized spacial score (nSPS) is 15.1. The second kappa shape index (κ2) is 15.4. The molecule has 1 aliphatic heterocycles. The first-order chi connectivity index (χ1) is 24.7. The minimum Gasteiger partial charge on any atom is -0.376 e. The highest BCUT2D eigenvalue weighted by Crippen LogP contribution is 2.38. The molecule has 9 nitrogen and oxygen atoms in total. The van der Waals surface area contributed by atoms with Crippen molar-refractivity contribution in [3.63, 3.8) is 0 Å². The van der Waals surface area contributed by atoms with Gasteiger partial charge in [0, 0.05) is 41.6 Å². The molecule has 3 heterocycles. The van der Waals surface area contributed by atoms with E-state index in [4.69, 9.17) is 33.0 Å². The lowest BCUT2D eigenvalue weighted by atomic mass is 9.98. The van der Waals surface area contributed by atoms with Crippen LogP contribution in [0.15, 0.2) is 67.0 Å². The summed E-state index contributed by atoms with van der Waals surface area (Å²) in [6.07, 6.45) is 5.49. The number of pyridine rings is 1. The summed E-state index contributed by atoms with van der Waals surface area (Å²) >= 11 is 13.0. The monoisotopic (exact) mass is 742 g/mol. The highest BCUT2D eigenvalue weighted by atomic mass is 35.5. The van der Waals surface area contributed by atoms with Crippen LogP contribution in [0.5, 0.6) is 0 Å². The molecule has 0 spiro atoms. The van der Waals surface area contributed by atoms with Crippen LogP contribution in [0.4, 0.5) is 21.5 Å². The number of rotatable bonds is 10. The van der Waals surface area contributed by atoms with E-state index in [9.17, 15) is 9.65 Å². The Kier molecular flexibility index (Phi) is 11.1. The largest absolute Gasteiger partial charge is 0.376 e. The van der Waals surface area contributed by atoms with Crippen molar-refractivity contribution in [1.29, 1.82) is 5.26 Å². The van der Waals surface area contributed by atoms with Crippen LogP contribution in [-0.2, 0) is 11.3 Å². The molecule has 0 saturated carbocycles. The molecule has 2 aromatic heterocycles. The summed E-state index contributed by atoms with van der Waals surface area (Å²) in [6, 6.07) is 18.4. The second-order valence-corrected chi connectivity index (χ2v) is 16.5. The van der Waals surface area contributed by atoms with Gasteiger partial charge in [0.25, 0.3) is 0 Å². The van der Waals surface area contributed by atoms with Crippen LogP contribution in [0.3, 0.4) is 0 Å². The maximum Gasteiger partial charge on any atom is 0.141 e. The zero-order valence-electron chi connectivity index (χ0n) is 30.5. The third-order valence-electron chi connectivity index (χ3n) is 9.24. The molecule has 0 aliphatic carbocycles. The van der Waals surface area contributed by atoms with Crippen LogP contribution in [0, 0.1) is 22.6 Å². The van der Waals surface area contributed by atoms with Crippen molar-refractivity contribution in [3.8, 4) is 6.07 Å². The Balaban J connectivity index is 1.37. The Bertz CT molecular complexity index is 2090. The summed E-state index contributed by atoms with van der Waals surface area (Å²) in [5.74, 6) is -0.537. The summed E-state index contributed by atoms with van der Waals surface area (Å²) in [7, 11) is 0. The molecule has 3 aromatic carbocycles. The molecule has 272 valence electrons. The molecule has 1 fully saturated rings. The molecule has 1 saturated heterocycles. The highest BCUT2D eigenvalue weighted by molar-refractivity contribution is 6.36. The molecule has 0 radical (unpaired) electrons. The van der Waals surface area contributed by atoms with E-state index < -0.39 is 11.9 Å². The predicted octanol–water partition coefficient (Wildman–Crippen LogP) is 10.1. The number of likely N-dealkylation sites (tertiary alicyclic amines) is 1. The van der Waals surface area contributed by atoms with Crippen molar-refractivity contribution < 1.29 is 9.13 Å². The van der Waals surface area contributed by atoms with Crippen molar-refractivity contribution in [2.24, 2.45) is 5.41 Å². The SMILES string of the molecule is CC(C)(C)COCc1cccc([C@H](Nc2cc(Cl)c3ncc(C#N)c(Nc4ccc(F)c(Cl)c4)c3c2)c2cn(C3CCN(C(C)(C)C)CC3)nn2)c1. The minimum absolute atomic E-state index is 0.0380. The van der Waals surface area contributed by atoms with E-state index in [0.717, 1.165) is 42.8 Å². The van der Waals surface area contributed by atoms with Crippen LogP contribution in [0.1, 0.15) is 88.9 Å². The van der Waals surface area contributed by atoms with Crippen molar-refractivity contribution in [1.82, 2.24) is 24.9 Å². The van der Waals surface area contributed by atoms with Crippen LogP contribution in [0.2, 0.25) is 10.0 Å². The van der Waals surface area contributed by atoms with E-state index in [0.29, 0.717) is 51.8 Å². The molecule has 52 heavy (non-hydrogen) atoms. The van der Waals surface area contributed by atoms with Crippen LogP contribution < -0.4 is 10.6 Å². The number of piperidine rings is 1. The number of anilines is 3. The van der Waals surface area contributed by atoms with Crippen molar-refractivity contribution >= 4 is 51.2 Å². The third kappa shape index (κ3) is 8.84. The Labute approximate surface area is 315 Å². The van der Waals surface area contributed by atoms with Gasteiger partial charge in [0.05, 0.1) is 58.3 Å². The molecular weight excluding hydrogens is 698 g/mol. The van der Waals surface area contributed by atoms with Gasteiger partial charge in [-0.2, -0.15) is 5.26 Å². The standard InChI is InChI=1S/C40H45Cl2FN8O/c1-39(2,3)24-52-23-25-8-7-9-26(16-25)37(35-22-51(49-48-35)30-12-14-50(15-13-30)40(4,5)6)47-29-17-31-36(46-28-10-11-34(43)32(41)18-28)27(20-44)21-45-38(31)33(42)19-29/h7-11,16-19,21-22,30,37,47H,12-15,23-24H2,1-6H3,(H,45,46)/t37-/m0/s1. The van der Waals surface area contributed by atoms with Crippen LogP contribution >= 0.6 is 23.2 Å². The lowest BCUT2D eigenvalue weighted by molar-refractivity contribution is 0.0599. The molecule has 1 aliphatic rings. The smallest absolute Gasteiger partial charge is 0.141 e. The number of nitrogens with zero attached hydrogens (tertiary/aromatic N) is 6. The minimum atomic E-state index is -0.537. The molecule has 5 aromatic rings. The maximum absolute atomic E-state index is 14.0. The lowest BCUT2D eigenvalue weighted by Gasteiger charge is -2.40. The molecule has 0 amide bonds. The zero-order valence-corrected chi connectivity index (χ0v) is 32.0. The lowest BCUT2D eigenvalue weighted by Crippen LogP contribution is -2.46. The van der Waals surface area contributed by atoms with Gasteiger partial charge in [0.2, 0.25) is 0 Å². The predicted molar refractivity (Wildman–Crippen MR) is 207 cm³/mol. The van der Waals surface area contributed by atoms with Crippen molar-refractivity contribution in [2.45, 2.75) is 78.6 Å². The van der Waals surface area contributed by atoms with Gasteiger partial charge in [-0.3, -0.25) is 9.88 Å². The first kappa shape index (κ1) is 37.5. The number of ether oxygens (including phenoxy) is 1. The number of nitrogens with one attached hydrogen (secondary N) is 2. The number of benzene rings is 3. The Morgan fingerprint density at radius 1 is 1.00 bits per heavy atom. The molecule has 6 rings (SSSR count). The Hall–Kier alpha value is -4.27. The molecule has 12 heteroatoms. The van der Waals surface area contributed by atoms with Crippen LogP contribution in [-0.4, -0.2) is 50.1 Å². The van der Waals surface area contributed by atoms with Gasteiger partial charge >= 0.3 is 0 Å². The number of nitriles is 1. The number of hydrogen-bond acceptors (Lipinski definition) is 8. The topological polar surface area (TPSA) is 104 Å². The second-order valence-electron chi connectivity index (χ2n) is 15.7. The van der Waals surface area contributed by atoms with Gasteiger partial charge in [-0.15, -0.1) is 5.10 Å². The molecule has 1 atom stereocenters. The summed E-state index contributed by atoms with van der Waals surface area (Å²) in [5, 5.41) is 27.3. The summed E-state index contributed by atoms with van der Waals surface area (Å²) in [5.41, 5.74) is 5.42. The van der Waals surface area contributed by atoms with Crippen LogP contribution in [0.25, 0.3) is 10.9 Å². The average molecular weight is 744 g/mol. The average Bonchev–Trinajstić information content (AvgIpc) is 3.58. The number of hydrogen-bond donors (Lipinski definition) is 2. The first-order valence-corrected chi connectivity index (χ1v) is 18.3. The fourth-order valence-electron chi connectivity index (χ4n) is 6.52. The number of aromatic nitrogens is 4. The number of halogens is 3. The van der Waals surface area contributed by atoms with E-state index in [1.165, 1.54) is 18.3 Å². The van der Waals surface area contributed by atoms with Crippen molar-refractivity contribution in [3.05, 3.63) is 105 Å². The van der Waals surface area contributed by atoms with E-state index >= 15 is 0 Å². The summed E-state index contributed by atoms with van der Waals surface area (Å²) < 4.78 is 22.1. The molecule has 0 unspecified atom stereocenters. The van der Waals surface area contributed by atoms with Gasteiger partial charge in [0.15, 0.2) is 0 Å². The van der Waals surface area contributed by atoms with Gasteiger partial charge in [0.1, 0.15) is 17.6 Å². The Morgan fingerprint density at radius 2 is 1.75 bits per heavy atom. The fraction of sp³-hybridized carbons (Fsp3) is 0.400. The van der Waals surface area contributed by atoms with Gasteiger partial charge in [-0.25, -0.2) is 9.07 Å². The van der Waals surface area contributed by atoms with E-state index in [1.54, 1.807) is 6.07 Å². The Morgan fingerprint density at radius 3 is 2.44 bits per heavy atom. The quantitative estimate of drug-likeness (QED) is 0.146. The molecule has 2 N–H and O–H groups in total. The van der Waals surface area contributed by atoms with Gasteiger partial charge < -0.3 is 15.4 Å². The van der Waals surface area contributed by atoms with Crippen molar-refractivity contribution in [2.75, 3.05) is 30.3 Å².